The van der Waals surface area contributed by atoms with Gasteiger partial charge in [-0.15, -0.1) is 0 Å². The molecule has 2 aromatic rings. The van der Waals surface area contributed by atoms with E-state index in [9.17, 15) is 0 Å². The molecule has 2 aromatic heterocycles. The minimum atomic E-state index is 0.718. The number of hydrogen-bond donors (Lipinski definition) is 1. The molecule has 0 aliphatic heterocycles. The van der Waals surface area contributed by atoms with E-state index in [1.54, 1.807) is 11.8 Å². The number of hydrogen-bond acceptors (Lipinski definition) is 2. The average Bonchev–Trinajstić information content (AvgIpc) is 2.53. The smallest absolute Gasteiger partial charge is 0.154 e. The van der Waals surface area contributed by atoms with Crippen LogP contribution < -0.4 is 10.6 Å². The molecule has 0 amide bonds. The van der Waals surface area contributed by atoms with Crippen molar-refractivity contribution in [1.29, 1.82) is 0 Å². The van der Waals surface area contributed by atoms with Crippen LogP contribution in [0.3, 0.4) is 0 Å². The van der Waals surface area contributed by atoms with Gasteiger partial charge in [0, 0.05) is 6.20 Å². The van der Waals surface area contributed by atoms with Crippen LogP contribution in [-0.4, -0.2) is 16.2 Å². The summed E-state index contributed by atoms with van der Waals surface area (Å²) >= 11 is 0. The van der Waals surface area contributed by atoms with Gasteiger partial charge in [-0.1, -0.05) is 0 Å². The van der Waals surface area contributed by atoms with Crippen LogP contribution in [0.2, 0.25) is 0 Å². The molecule has 0 saturated carbocycles. The molecule has 0 bridgehead atoms. The van der Waals surface area contributed by atoms with E-state index in [0.29, 0.717) is 0 Å². The molecule has 0 saturated heterocycles. The highest BCUT2D eigenvalue weighted by atomic mass is 16.6. The topological polar surface area (TPSA) is 44.6 Å². The Kier molecular flexibility index (Phi) is 1.09. The standard InChI is InChI=1S/C7H9N3O/c1-11-10-5-4-9-6(8)2-3-7(9)10/h2-5H,8H2,1H3. The Morgan fingerprint density at radius 3 is 2.91 bits per heavy atom. The molecule has 4 heteroatoms. The second-order valence-electron chi connectivity index (χ2n) is 2.29. The van der Waals surface area contributed by atoms with Gasteiger partial charge in [-0.05, 0) is 12.1 Å². The number of anilines is 1. The molecule has 4 nitrogen and oxygen atoms in total. The zero-order valence-corrected chi connectivity index (χ0v) is 6.19. The van der Waals surface area contributed by atoms with Crippen LogP contribution in [-0.2, 0) is 0 Å². The first-order chi connectivity index (χ1) is 5.33. The van der Waals surface area contributed by atoms with E-state index in [1.807, 2.05) is 28.9 Å². The highest BCUT2D eigenvalue weighted by Gasteiger charge is 2.01. The van der Waals surface area contributed by atoms with Crippen molar-refractivity contribution < 1.29 is 4.84 Å². The average molecular weight is 151 g/mol. The van der Waals surface area contributed by atoms with Crippen LogP contribution in [0.1, 0.15) is 0 Å². The number of nitrogen functional groups attached to an aromatic ring is 1. The SMILES string of the molecule is COn1ccn2c(N)ccc12. The summed E-state index contributed by atoms with van der Waals surface area (Å²) in [5.74, 6) is 0.718. The zero-order chi connectivity index (χ0) is 7.84. The molecule has 0 atom stereocenters. The summed E-state index contributed by atoms with van der Waals surface area (Å²) < 4.78 is 3.50. The maximum absolute atomic E-state index is 5.64. The number of rotatable bonds is 1. The van der Waals surface area contributed by atoms with E-state index in [4.69, 9.17) is 10.6 Å². The van der Waals surface area contributed by atoms with Gasteiger partial charge < -0.3 is 10.6 Å². The predicted octanol–water partition coefficient (Wildman–Crippen LogP) is 0.381. The first kappa shape index (κ1) is 6.15. The van der Waals surface area contributed by atoms with Gasteiger partial charge in [-0.3, -0.25) is 4.40 Å². The fraction of sp³-hybridized carbons (Fsp3) is 0.143. The van der Waals surface area contributed by atoms with Crippen molar-refractivity contribution in [1.82, 2.24) is 9.13 Å². The second-order valence-corrected chi connectivity index (χ2v) is 2.29. The highest BCUT2D eigenvalue weighted by molar-refractivity contribution is 5.51. The third kappa shape index (κ3) is 0.690. The van der Waals surface area contributed by atoms with Gasteiger partial charge in [0.15, 0.2) is 5.65 Å². The lowest BCUT2D eigenvalue weighted by Crippen LogP contribution is -2.02. The van der Waals surface area contributed by atoms with E-state index in [1.165, 1.54) is 0 Å². The minimum absolute atomic E-state index is 0.718. The monoisotopic (exact) mass is 151 g/mol. The maximum Gasteiger partial charge on any atom is 0.154 e. The lowest BCUT2D eigenvalue weighted by molar-refractivity contribution is 0.178. The zero-order valence-electron chi connectivity index (χ0n) is 6.19. The van der Waals surface area contributed by atoms with Gasteiger partial charge in [-0.2, -0.15) is 4.73 Å². The van der Waals surface area contributed by atoms with E-state index in [2.05, 4.69) is 0 Å². The molecule has 11 heavy (non-hydrogen) atoms. The summed E-state index contributed by atoms with van der Waals surface area (Å²) in [6, 6.07) is 3.74. The molecule has 0 aromatic carbocycles. The molecule has 0 radical (unpaired) electrons. The van der Waals surface area contributed by atoms with Gasteiger partial charge in [0.2, 0.25) is 0 Å². The van der Waals surface area contributed by atoms with Gasteiger partial charge in [0.25, 0.3) is 0 Å². The molecule has 58 valence electrons. The van der Waals surface area contributed by atoms with Crippen LogP contribution in [0.25, 0.3) is 5.65 Å². The molecule has 2 heterocycles. The van der Waals surface area contributed by atoms with Crippen LogP contribution in [0, 0.1) is 0 Å². The van der Waals surface area contributed by atoms with Crippen LogP contribution in [0.5, 0.6) is 0 Å². The Labute approximate surface area is 63.7 Å². The third-order valence-electron chi connectivity index (χ3n) is 1.70. The largest absolute Gasteiger partial charge is 0.416 e. The molecule has 0 unspecified atom stereocenters. The summed E-state index contributed by atoms with van der Waals surface area (Å²) in [4.78, 5) is 5.02. The first-order valence-electron chi connectivity index (χ1n) is 3.31. The Morgan fingerprint density at radius 1 is 1.36 bits per heavy atom. The normalized spacial score (nSPS) is 10.6. The van der Waals surface area contributed by atoms with Crippen molar-refractivity contribution >= 4 is 11.5 Å². The molecule has 0 spiro atoms. The second kappa shape index (κ2) is 1.95. The van der Waals surface area contributed by atoms with Crippen molar-refractivity contribution in [2.45, 2.75) is 0 Å². The molecule has 2 N–H and O–H groups in total. The summed E-state index contributed by atoms with van der Waals surface area (Å²) in [5.41, 5.74) is 6.57. The lowest BCUT2D eigenvalue weighted by atomic mass is 10.6. The van der Waals surface area contributed by atoms with Gasteiger partial charge in [-0.25, -0.2) is 0 Å². The van der Waals surface area contributed by atoms with Crippen molar-refractivity contribution in [2.75, 3.05) is 12.8 Å². The predicted molar refractivity (Wildman–Crippen MR) is 42.3 cm³/mol. The number of aromatic nitrogens is 2. The quantitative estimate of drug-likeness (QED) is 0.640. The first-order valence-corrected chi connectivity index (χ1v) is 3.31. The Hall–Kier alpha value is -1.58. The van der Waals surface area contributed by atoms with Crippen LogP contribution >= 0.6 is 0 Å². The van der Waals surface area contributed by atoms with Crippen molar-refractivity contribution in [2.24, 2.45) is 0 Å². The Balaban J connectivity index is 2.77. The Morgan fingerprint density at radius 2 is 2.18 bits per heavy atom. The van der Waals surface area contributed by atoms with E-state index in [-0.39, 0.29) is 0 Å². The number of imidazole rings is 1. The maximum atomic E-state index is 5.64. The van der Waals surface area contributed by atoms with E-state index >= 15 is 0 Å². The van der Waals surface area contributed by atoms with Crippen molar-refractivity contribution in [3.63, 3.8) is 0 Å². The van der Waals surface area contributed by atoms with Crippen molar-refractivity contribution in [3.8, 4) is 0 Å². The third-order valence-corrected chi connectivity index (χ3v) is 1.70. The van der Waals surface area contributed by atoms with Crippen LogP contribution in [0.15, 0.2) is 24.5 Å². The fourth-order valence-electron chi connectivity index (χ4n) is 1.15. The molecule has 2 rings (SSSR count). The highest BCUT2D eigenvalue weighted by Crippen LogP contribution is 2.11. The van der Waals surface area contributed by atoms with Gasteiger partial charge in [0.1, 0.15) is 12.9 Å². The summed E-state index contributed by atoms with van der Waals surface area (Å²) in [7, 11) is 1.61. The van der Waals surface area contributed by atoms with Crippen molar-refractivity contribution in [3.05, 3.63) is 24.5 Å². The van der Waals surface area contributed by atoms with E-state index in [0.717, 1.165) is 11.5 Å². The summed E-state index contributed by atoms with van der Waals surface area (Å²) in [5, 5.41) is 0. The molecule has 0 aliphatic rings. The molecule has 0 aliphatic carbocycles. The number of nitrogens with two attached hydrogens (primary N) is 1. The van der Waals surface area contributed by atoms with Gasteiger partial charge in [0.05, 0.1) is 6.20 Å². The number of fused-ring (bicyclic) bond motifs is 1. The van der Waals surface area contributed by atoms with E-state index < -0.39 is 0 Å². The Bertz CT molecular complexity index is 374. The molecular formula is C7H9N3O. The molecular weight excluding hydrogens is 142 g/mol. The van der Waals surface area contributed by atoms with Gasteiger partial charge >= 0.3 is 0 Å². The fourth-order valence-corrected chi connectivity index (χ4v) is 1.15. The summed E-state index contributed by atoms with van der Waals surface area (Å²) in [6.45, 7) is 0. The molecule has 0 fully saturated rings. The number of nitrogens with zero attached hydrogens (tertiary/aromatic N) is 2. The summed E-state index contributed by atoms with van der Waals surface area (Å²) in [6.07, 6.45) is 3.67. The lowest BCUT2D eigenvalue weighted by Gasteiger charge is -1.97. The van der Waals surface area contributed by atoms with Crippen LogP contribution in [0.4, 0.5) is 5.82 Å². The minimum Gasteiger partial charge on any atom is -0.416 e.